The number of amides is 2. The van der Waals surface area contributed by atoms with E-state index in [2.05, 4.69) is 6.58 Å². The number of carbonyl (C=O) groups excluding carboxylic acids is 2. The normalized spacial score (nSPS) is 15.9. The van der Waals surface area contributed by atoms with Gasteiger partial charge in [0.15, 0.2) is 0 Å². The van der Waals surface area contributed by atoms with E-state index in [-0.39, 0.29) is 17.9 Å². The minimum atomic E-state index is -0.0720. The van der Waals surface area contributed by atoms with E-state index in [1.54, 1.807) is 37.0 Å². The van der Waals surface area contributed by atoms with E-state index in [0.717, 1.165) is 17.0 Å². The van der Waals surface area contributed by atoms with E-state index in [1.165, 1.54) is 0 Å². The number of fused-ring (bicyclic) bond motifs is 1. The van der Waals surface area contributed by atoms with Crippen molar-refractivity contribution < 1.29 is 14.3 Å². The summed E-state index contributed by atoms with van der Waals surface area (Å²) in [7, 11) is 7.16. The number of hydrogen-bond acceptors (Lipinski definition) is 4. The molecule has 1 heterocycles. The third-order valence-electron chi connectivity index (χ3n) is 4.31. The minimum Gasteiger partial charge on any atom is -0.489 e. The summed E-state index contributed by atoms with van der Waals surface area (Å²) < 4.78 is 5.81. The molecule has 0 spiro atoms. The van der Waals surface area contributed by atoms with Gasteiger partial charge in [0.2, 0.25) is 5.91 Å². The summed E-state index contributed by atoms with van der Waals surface area (Å²) in [5.74, 6) is 0.722. The average molecular weight is 345 g/mol. The van der Waals surface area contributed by atoms with Crippen molar-refractivity contribution in [1.29, 1.82) is 0 Å². The molecule has 0 saturated heterocycles. The molecule has 2 amide bonds. The molecule has 0 unspecified atom stereocenters. The molecule has 1 aromatic rings. The third-order valence-corrected chi connectivity index (χ3v) is 4.31. The highest BCUT2D eigenvalue weighted by Gasteiger charge is 2.28. The lowest BCUT2D eigenvalue weighted by molar-refractivity contribution is -0.130. The zero-order chi connectivity index (χ0) is 18.7. The highest BCUT2D eigenvalue weighted by atomic mass is 16.5. The van der Waals surface area contributed by atoms with Crippen molar-refractivity contribution >= 4 is 17.5 Å². The molecule has 1 aliphatic rings. The van der Waals surface area contributed by atoms with Gasteiger partial charge in [0.1, 0.15) is 12.4 Å². The molecule has 1 aliphatic heterocycles. The number of hydrogen-bond donors (Lipinski definition) is 0. The van der Waals surface area contributed by atoms with Crippen LogP contribution in [0.4, 0.5) is 5.69 Å². The average Bonchev–Trinajstić information content (AvgIpc) is 2.55. The second-order valence-corrected chi connectivity index (χ2v) is 6.87. The zero-order valence-corrected chi connectivity index (χ0v) is 15.7. The zero-order valence-electron chi connectivity index (χ0n) is 15.7. The minimum absolute atomic E-state index is 0.0485. The summed E-state index contributed by atoms with van der Waals surface area (Å²) in [5.41, 5.74) is 2.38. The van der Waals surface area contributed by atoms with Crippen LogP contribution in [0.15, 0.2) is 30.4 Å². The number of anilines is 1. The first-order valence-electron chi connectivity index (χ1n) is 8.30. The topological polar surface area (TPSA) is 53.1 Å². The summed E-state index contributed by atoms with van der Waals surface area (Å²) in [6.07, 6.45) is 0.353. The number of ether oxygens (including phenoxy) is 1. The molecule has 136 valence electrons. The van der Waals surface area contributed by atoms with Crippen molar-refractivity contribution in [3.05, 3.63) is 35.9 Å². The number of rotatable bonds is 5. The van der Waals surface area contributed by atoms with Crippen molar-refractivity contribution in [3.8, 4) is 5.75 Å². The van der Waals surface area contributed by atoms with Crippen molar-refractivity contribution in [2.45, 2.75) is 19.4 Å². The third kappa shape index (κ3) is 4.32. The standard InChI is InChI=1S/C19H27N3O3/c1-13(2)11-21(5)18(23)10-15-12-25-17-8-7-14(19(24)20(3)4)9-16(17)22(15)6/h7-9,15H,1,10-12H2,2-6H3/t15-/m0/s1. The van der Waals surface area contributed by atoms with Gasteiger partial charge in [-0.3, -0.25) is 9.59 Å². The maximum absolute atomic E-state index is 12.4. The Morgan fingerprint density at radius 1 is 1.32 bits per heavy atom. The van der Waals surface area contributed by atoms with Crippen LogP contribution in [0.5, 0.6) is 5.75 Å². The SMILES string of the molecule is C=C(C)CN(C)C(=O)C[C@H]1COc2ccc(C(=O)N(C)C)cc2N1C. The maximum atomic E-state index is 12.4. The second-order valence-electron chi connectivity index (χ2n) is 6.87. The molecule has 0 saturated carbocycles. The van der Waals surface area contributed by atoms with Crippen LogP contribution in [-0.2, 0) is 4.79 Å². The molecule has 1 atom stereocenters. The molecule has 6 heteroatoms. The predicted octanol–water partition coefficient (Wildman–Crippen LogP) is 2.01. The number of nitrogens with zero attached hydrogens (tertiary/aromatic N) is 3. The van der Waals surface area contributed by atoms with Gasteiger partial charge in [-0.1, -0.05) is 12.2 Å². The number of likely N-dealkylation sites (N-methyl/N-ethyl adjacent to an activating group) is 2. The Morgan fingerprint density at radius 3 is 2.60 bits per heavy atom. The van der Waals surface area contributed by atoms with E-state index in [1.807, 2.05) is 31.0 Å². The molecule has 0 aliphatic carbocycles. The van der Waals surface area contributed by atoms with Crippen LogP contribution < -0.4 is 9.64 Å². The van der Waals surface area contributed by atoms with Crippen LogP contribution in [0.1, 0.15) is 23.7 Å². The molecule has 0 bridgehead atoms. The molecule has 0 fully saturated rings. The fourth-order valence-corrected chi connectivity index (χ4v) is 2.85. The van der Waals surface area contributed by atoms with Gasteiger partial charge in [0.05, 0.1) is 18.2 Å². The van der Waals surface area contributed by atoms with Crippen LogP contribution in [-0.4, -0.2) is 69.0 Å². The Balaban J connectivity index is 2.15. The quantitative estimate of drug-likeness (QED) is 0.766. The first-order valence-corrected chi connectivity index (χ1v) is 8.30. The monoisotopic (exact) mass is 345 g/mol. The van der Waals surface area contributed by atoms with E-state index in [0.29, 0.717) is 25.1 Å². The molecule has 6 nitrogen and oxygen atoms in total. The van der Waals surface area contributed by atoms with Gasteiger partial charge in [-0.05, 0) is 25.1 Å². The van der Waals surface area contributed by atoms with Crippen LogP contribution in [0, 0.1) is 0 Å². The highest BCUT2D eigenvalue weighted by molar-refractivity contribution is 5.95. The summed E-state index contributed by atoms with van der Waals surface area (Å²) in [5, 5.41) is 0. The first-order chi connectivity index (χ1) is 11.7. The Kier molecular flexibility index (Phi) is 5.72. The molecule has 0 aromatic heterocycles. The van der Waals surface area contributed by atoms with E-state index in [9.17, 15) is 9.59 Å². The summed E-state index contributed by atoms with van der Waals surface area (Å²) in [4.78, 5) is 29.8. The smallest absolute Gasteiger partial charge is 0.253 e. The highest BCUT2D eigenvalue weighted by Crippen LogP contribution is 2.34. The summed E-state index contributed by atoms with van der Waals surface area (Å²) in [6, 6.07) is 5.33. The fraction of sp³-hybridized carbons (Fsp3) is 0.474. The first kappa shape index (κ1) is 18.8. The van der Waals surface area contributed by atoms with E-state index < -0.39 is 0 Å². The van der Waals surface area contributed by atoms with Gasteiger partial charge in [-0.15, -0.1) is 0 Å². The van der Waals surface area contributed by atoms with Crippen LogP contribution in [0.2, 0.25) is 0 Å². The molecule has 0 radical (unpaired) electrons. The van der Waals surface area contributed by atoms with Gasteiger partial charge in [0, 0.05) is 40.3 Å². The van der Waals surface area contributed by atoms with Gasteiger partial charge >= 0.3 is 0 Å². The molecule has 1 aromatic carbocycles. The van der Waals surface area contributed by atoms with Crippen molar-refractivity contribution in [2.75, 3.05) is 46.2 Å². The number of carbonyl (C=O) groups is 2. The maximum Gasteiger partial charge on any atom is 0.253 e. The van der Waals surface area contributed by atoms with E-state index in [4.69, 9.17) is 4.74 Å². The van der Waals surface area contributed by atoms with Crippen LogP contribution in [0.25, 0.3) is 0 Å². The van der Waals surface area contributed by atoms with Gasteiger partial charge < -0.3 is 19.4 Å². The summed E-state index contributed by atoms with van der Waals surface area (Å²) in [6.45, 7) is 6.74. The lowest BCUT2D eigenvalue weighted by atomic mass is 10.1. The molecule has 0 N–H and O–H groups in total. The molecule has 2 rings (SSSR count). The van der Waals surface area contributed by atoms with Gasteiger partial charge in [-0.25, -0.2) is 0 Å². The van der Waals surface area contributed by atoms with Crippen LogP contribution >= 0.6 is 0 Å². The molecular weight excluding hydrogens is 318 g/mol. The molecular formula is C19H27N3O3. The van der Waals surface area contributed by atoms with Gasteiger partial charge in [0.25, 0.3) is 5.91 Å². The predicted molar refractivity (Wildman–Crippen MR) is 99.2 cm³/mol. The van der Waals surface area contributed by atoms with Crippen molar-refractivity contribution in [3.63, 3.8) is 0 Å². The fourth-order valence-electron chi connectivity index (χ4n) is 2.85. The van der Waals surface area contributed by atoms with E-state index >= 15 is 0 Å². The largest absolute Gasteiger partial charge is 0.489 e. The lowest BCUT2D eigenvalue weighted by Gasteiger charge is -2.36. The second kappa shape index (κ2) is 7.59. The number of benzene rings is 1. The van der Waals surface area contributed by atoms with Gasteiger partial charge in [-0.2, -0.15) is 0 Å². The van der Waals surface area contributed by atoms with Crippen LogP contribution in [0.3, 0.4) is 0 Å². The summed E-state index contributed by atoms with van der Waals surface area (Å²) >= 11 is 0. The molecule has 25 heavy (non-hydrogen) atoms. The Bertz CT molecular complexity index is 684. The Morgan fingerprint density at radius 2 is 2.00 bits per heavy atom. The Hall–Kier alpha value is -2.50. The van der Waals surface area contributed by atoms with Crippen molar-refractivity contribution in [2.24, 2.45) is 0 Å². The lowest BCUT2D eigenvalue weighted by Crippen LogP contribution is -2.44. The Labute approximate surface area is 149 Å². The van der Waals surface area contributed by atoms with Crippen molar-refractivity contribution in [1.82, 2.24) is 9.80 Å².